The van der Waals surface area contributed by atoms with E-state index in [1.807, 2.05) is 31.2 Å². The average Bonchev–Trinajstić information content (AvgIpc) is 2.73. The van der Waals surface area contributed by atoms with Crippen LogP contribution in [0.5, 0.6) is 0 Å². The number of amides is 1. The number of alkyl carbamates (subject to hydrolysis) is 1. The van der Waals surface area contributed by atoms with Crippen molar-refractivity contribution in [2.75, 3.05) is 6.61 Å². The molecule has 0 bridgehead atoms. The summed E-state index contributed by atoms with van der Waals surface area (Å²) < 4.78 is 24.8. The first-order chi connectivity index (χ1) is 15.5. The fourth-order valence-corrected chi connectivity index (χ4v) is 3.70. The molecule has 0 fully saturated rings. The van der Waals surface area contributed by atoms with Gasteiger partial charge in [0, 0.05) is 16.6 Å². The van der Waals surface area contributed by atoms with E-state index in [9.17, 15) is 14.0 Å². The normalized spacial score (nSPS) is 13.2. The minimum absolute atomic E-state index is 0.275. The Kier molecular flexibility index (Phi) is 9.71. The summed E-state index contributed by atoms with van der Waals surface area (Å²) in [6, 6.07) is 11.5. The number of esters is 1. The molecule has 0 aliphatic carbocycles. The molecule has 0 aromatic heterocycles. The number of carbonyl (C=O) groups excluding carboxylic acids is 2. The molecule has 0 heterocycles. The molecule has 2 unspecified atom stereocenters. The summed E-state index contributed by atoms with van der Waals surface area (Å²) >= 11 is 6.01. The number of ether oxygens (including phenoxy) is 2. The van der Waals surface area contributed by atoms with Crippen LogP contribution in [0.4, 0.5) is 9.18 Å². The van der Waals surface area contributed by atoms with Gasteiger partial charge in [0.2, 0.25) is 0 Å². The van der Waals surface area contributed by atoms with Gasteiger partial charge >= 0.3 is 12.1 Å². The highest BCUT2D eigenvalue weighted by Gasteiger charge is 2.26. The van der Waals surface area contributed by atoms with Crippen LogP contribution in [-0.2, 0) is 20.7 Å². The van der Waals surface area contributed by atoms with Crippen molar-refractivity contribution < 1.29 is 23.5 Å². The lowest BCUT2D eigenvalue weighted by Crippen LogP contribution is -2.42. The molecule has 2 rings (SSSR count). The average molecular weight is 478 g/mol. The summed E-state index contributed by atoms with van der Waals surface area (Å²) in [6.45, 7) is 9.38. The van der Waals surface area contributed by atoms with Crippen LogP contribution in [0.15, 0.2) is 42.5 Å². The van der Waals surface area contributed by atoms with Crippen LogP contribution in [0.2, 0.25) is 5.02 Å². The van der Waals surface area contributed by atoms with Crippen LogP contribution in [0.25, 0.3) is 11.1 Å². The van der Waals surface area contributed by atoms with Gasteiger partial charge in [-0.2, -0.15) is 0 Å². The van der Waals surface area contributed by atoms with E-state index in [1.54, 1.807) is 33.8 Å². The second kappa shape index (κ2) is 12.0. The Morgan fingerprint density at radius 1 is 1.09 bits per heavy atom. The van der Waals surface area contributed by atoms with Gasteiger partial charge in [0.15, 0.2) is 0 Å². The summed E-state index contributed by atoms with van der Waals surface area (Å²) in [6.07, 6.45) is 0.953. The third-order valence-corrected chi connectivity index (χ3v) is 5.31. The zero-order chi connectivity index (χ0) is 24.6. The van der Waals surface area contributed by atoms with Crippen LogP contribution in [0.3, 0.4) is 0 Å². The topological polar surface area (TPSA) is 64.6 Å². The van der Waals surface area contributed by atoms with Crippen molar-refractivity contribution in [1.82, 2.24) is 5.32 Å². The van der Waals surface area contributed by atoms with Crippen molar-refractivity contribution in [2.24, 2.45) is 5.92 Å². The van der Waals surface area contributed by atoms with Gasteiger partial charge in [-0.3, -0.25) is 4.79 Å². The van der Waals surface area contributed by atoms with Gasteiger partial charge in [0.25, 0.3) is 0 Å². The van der Waals surface area contributed by atoms with Gasteiger partial charge in [0.1, 0.15) is 11.4 Å². The molecule has 2 atom stereocenters. The number of halogens is 2. The zero-order valence-electron chi connectivity index (χ0n) is 19.9. The summed E-state index contributed by atoms with van der Waals surface area (Å²) in [5.74, 6) is -0.968. The van der Waals surface area contributed by atoms with E-state index >= 15 is 0 Å². The molecule has 2 aromatic rings. The third kappa shape index (κ3) is 8.69. The van der Waals surface area contributed by atoms with Crippen molar-refractivity contribution in [3.05, 3.63) is 58.9 Å². The maximum Gasteiger partial charge on any atom is 0.407 e. The molecule has 1 amide bonds. The van der Waals surface area contributed by atoms with Crippen molar-refractivity contribution in [3.63, 3.8) is 0 Å². The van der Waals surface area contributed by atoms with E-state index < -0.39 is 11.7 Å². The molecule has 7 heteroatoms. The summed E-state index contributed by atoms with van der Waals surface area (Å²) in [5, 5.41) is 3.36. The maximum atomic E-state index is 14.2. The quantitative estimate of drug-likeness (QED) is 0.415. The largest absolute Gasteiger partial charge is 0.466 e. The molecule has 1 N–H and O–H groups in total. The Balaban J connectivity index is 2.20. The van der Waals surface area contributed by atoms with E-state index in [2.05, 4.69) is 5.32 Å². The smallest absolute Gasteiger partial charge is 0.407 e. The Bertz CT molecular complexity index is 940. The number of benzene rings is 2. The Labute approximate surface area is 200 Å². The molecule has 0 spiro atoms. The molecule has 5 nitrogen and oxygen atoms in total. The van der Waals surface area contributed by atoms with Gasteiger partial charge in [-0.1, -0.05) is 42.8 Å². The number of hydrogen-bond donors (Lipinski definition) is 1. The predicted octanol–water partition coefficient (Wildman–Crippen LogP) is 6.56. The van der Waals surface area contributed by atoms with Gasteiger partial charge in [-0.05, 0) is 76.3 Å². The third-order valence-electron chi connectivity index (χ3n) is 5.08. The van der Waals surface area contributed by atoms with Crippen molar-refractivity contribution in [1.29, 1.82) is 0 Å². The molecule has 0 aliphatic rings. The number of rotatable bonds is 9. The minimum atomic E-state index is -0.636. The van der Waals surface area contributed by atoms with E-state index in [0.717, 1.165) is 5.56 Å². The molecule has 33 heavy (non-hydrogen) atoms. The highest BCUT2D eigenvalue weighted by molar-refractivity contribution is 6.30. The first-order valence-corrected chi connectivity index (χ1v) is 11.6. The Morgan fingerprint density at radius 3 is 2.33 bits per heavy atom. The second-order valence-corrected chi connectivity index (χ2v) is 9.40. The predicted molar refractivity (Wildman–Crippen MR) is 129 cm³/mol. The highest BCUT2D eigenvalue weighted by atomic mass is 35.5. The molecule has 0 aliphatic heterocycles. The zero-order valence-corrected chi connectivity index (χ0v) is 20.7. The van der Waals surface area contributed by atoms with Gasteiger partial charge in [-0.15, -0.1) is 0 Å². The Morgan fingerprint density at radius 2 is 1.76 bits per heavy atom. The molecular weight excluding hydrogens is 445 g/mol. The minimum Gasteiger partial charge on any atom is -0.466 e. The molecular formula is C26H33ClFNO4. The fourth-order valence-electron chi connectivity index (χ4n) is 3.52. The van der Waals surface area contributed by atoms with E-state index in [-0.39, 0.29) is 23.7 Å². The fraction of sp³-hybridized carbons (Fsp3) is 0.462. The lowest BCUT2D eigenvalue weighted by Gasteiger charge is -2.26. The van der Waals surface area contributed by atoms with E-state index in [0.29, 0.717) is 42.0 Å². The first kappa shape index (κ1) is 26.7. The summed E-state index contributed by atoms with van der Waals surface area (Å²) in [4.78, 5) is 24.8. The SMILES string of the molecule is CCOC(=O)C(CC)CC(Cc1ccc(-c2cc(Cl)ccc2F)cc1)NC(=O)OC(C)(C)C. The molecule has 0 saturated heterocycles. The first-order valence-electron chi connectivity index (χ1n) is 11.2. The number of carbonyl (C=O) groups is 2. The van der Waals surface area contributed by atoms with Crippen molar-refractivity contribution in [2.45, 2.75) is 65.5 Å². The van der Waals surface area contributed by atoms with Gasteiger partial charge in [0.05, 0.1) is 12.5 Å². The lowest BCUT2D eigenvalue weighted by atomic mass is 9.92. The lowest BCUT2D eigenvalue weighted by molar-refractivity contribution is -0.148. The van der Waals surface area contributed by atoms with Crippen LogP contribution in [0, 0.1) is 11.7 Å². The standard InChI is InChI=1S/C26H33ClFNO4/c1-6-18(24(30)32-7-2)15-21(29-25(31)33-26(3,4)5)14-17-8-10-19(11-9-17)22-16-20(27)12-13-23(22)28/h8-13,16,18,21H,6-7,14-15H2,1-5H3,(H,29,31). The van der Waals surface area contributed by atoms with Crippen LogP contribution in [-0.4, -0.2) is 30.3 Å². The van der Waals surface area contributed by atoms with Crippen LogP contribution in [0.1, 0.15) is 53.0 Å². The van der Waals surface area contributed by atoms with Crippen LogP contribution >= 0.6 is 11.6 Å². The number of nitrogens with one attached hydrogen (secondary N) is 1. The van der Waals surface area contributed by atoms with E-state index in [4.69, 9.17) is 21.1 Å². The molecule has 0 saturated carbocycles. The van der Waals surface area contributed by atoms with Crippen LogP contribution < -0.4 is 5.32 Å². The molecule has 180 valence electrons. The molecule has 0 radical (unpaired) electrons. The van der Waals surface area contributed by atoms with E-state index in [1.165, 1.54) is 12.1 Å². The second-order valence-electron chi connectivity index (χ2n) is 8.96. The van der Waals surface area contributed by atoms with Crippen molar-refractivity contribution >= 4 is 23.7 Å². The van der Waals surface area contributed by atoms with Crippen molar-refractivity contribution in [3.8, 4) is 11.1 Å². The molecule has 2 aromatic carbocycles. The monoisotopic (exact) mass is 477 g/mol. The summed E-state index contributed by atoms with van der Waals surface area (Å²) in [5.41, 5.74) is 1.42. The van der Waals surface area contributed by atoms with Gasteiger partial charge < -0.3 is 14.8 Å². The number of hydrogen-bond acceptors (Lipinski definition) is 4. The highest BCUT2D eigenvalue weighted by Crippen LogP contribution is 2.27. The Hall–Kier alpha value is -2.60. The summed E-state index contributed by atoms with van der Waals surface area (Å²) in [7, 11) is 0. The van der Waals surface area contributed by atoms with Gasteiger partial charge in [-0.25, -0.2) is 9.18 Å². The maximum absolute atomic E-state index is 14.2.